The highest BCUT2D eigenvalue weighted by Crippen LogP contribution is 2.36. The summed E-state index contributed by atoms with van der Waals surface area (Å²) in [4.78, 5) is 24.4. The summed E-state index contributed by atoms with van der Waals surface area (Å²) in [7, 11) is -1.89. The summed E-state index contributed by atoms with van der Waals surface area (Å²) in [5.41, 5.74) is -0.612. The van der Waals surface area contributed by atoms with Crippen molar-refractivity contribution in [3.05, 3.63) is 0 Å². The van der Waals surface area contributed by atoms with Crippen molar-refractivity contribution in [2.75, 3.05) is 19.7 Å². The Kier molecular flexibility index (Phi) is 7.76. The predicted octanol–water partition coefficient (Wildman–Crippen LogP) is 3.72. The van der Waals surface area contributed by atoms with Crippen LogP contribution in [0.25, 0.3) is 0 Å². The molecule has 6 nitrogen and oxygen atoms in total. The van der Waals surface area contributed by atoms with Gasteiger partial charge in [-0.2, -0.15) is 0 Å². The van der Waals surface area contributed by atoms with Crippen LogP contribution in [0.4, 0.5) is 4.79 Å². The summed E-state index contributed by atoms with van der Waals surface area (Å²) in [6, 6.07) is 0. The number of aliphatic carboxylic acids is 1. The second-order valence-electron chi connectivity index (χ2n) is 8.22. The first kappa shape index (κ1) is 21.9. The number of carbonyl (C=O) groups is 2. The maximum Gasteiger partial charge on any atom is 0.410 e. The van der Waals surface area contributed by atoms with Crippen LogP contribution in [-0.4, -0.2) is 55.7 Å². The fraction of sp³-hybridized carbons (Fsp3) is 0.875. The van der Waals surface area contributed by atoms with Gasteiger partial charge in [-0.05, 0) is 38.9 Å². The third kappa shape index (κ3) is 8.95. The summed E-state index contributed by atoms with van der Waals surface area (Å²) >= 11 is 0. The Bertz CT molecular complexity index is 410. The van der Waals surface area contributed by atoms with E-state index in [1.54, 1.807) is 20.8 Å². The van der Waals surface area contributed by atoms with Crippen molar-refractivity contribution < 1.29 is 23.9 Å². The summed E-state index contributed by atoms with van der Waals surface area (Å²) in [5.74, 6) is -0.941. The van der Waals surface area contributed by atoms with Crippen molar-refractivity contribution in [3.8, 4) is 0 Å². The highest BCUT2D eigenvalue weighted by molar-refractivity contribution is 6.74. The maximum absolute atomic E-state index is 12.2. The largest absolute Gasteiger partial charge is 0.481 e. The Morgan fingerprint density at radius 3 is 1.96 bits per heavy atom. The molecule has 7 heteroatoms. The quantitative estimate of drug-likeness (QED) is 0.710. The summed E-state index contributed by atoms with van der Waals surface area (Å²) in [6.07, 6.45) is -0.614. The second kappa shape index (κ2) is 8.15. The Balaban J connectivity index is 4.71. The van der Waals surface area contributed by atoms with Gasteiger partial charge in [-0.25, -0.2) is 4.79 Å². The number of carbonyl (C=O) groups excluding carboxylic acids is 1. The highest BCUT2D eigenvalue weighted by atomic mass is 28.4. The second-order valence-corrected chi connectivity index (χ2v) is 13.0. The van der Waals surface area contributed by atoms with E-state index < -0.39 is 26.0 Å². The molecule has 0 aliphatic carbocycles. The van der Waals surface area contributed by atoms with Crippen LogP contribution in [-0.2, 0) is 14.0 Å². The van der Waals surface area contributed by atoms with Gasteiger partial charge in [-0.1, -0.05) is 20.8 Å². The molecule has 0 aromatic rings. The molecule has 0 saturated heterocycles. The standard InChI is InChI=1S/C16H33NO5Si/c1-15(2,3)22-14(20)17(10-9-13(18)19)11-12-21-23(7,8)16(4,5)6/h9-12H2,1-8H3,(H,18,19). The van der Waals surface area contributed by atoms with Crippen LogP contribution in [0.1, 0.15) is 48.0 Å². The van der Waals surface area contributed by atoms with Crippen molar-refractivity contribution in [2.45, 2.75) is 71.7 Å². The topological polar surface area (TPSA) is 76.1 Å². The van der Waals surface area contributed by atoms with Gasteiger partial charge in [0, 0.05) is 13.1 Å². The van der Waals surface area contributed by atoms with E-state index >= 15 is 0 Å². The van der Waals surface area contributed by atoms with Gasteiger partial charge >= 0.3 is 12.1 Å². The fourth-order valence-electron chi connectivity index (χ4n) is 1.48. The van der Waals surface area contributed by atoms with Crippen LogP contribution in [0.3, 0.4) is 0 Å². The van der Waals surface area contributed by atoms with E-state index in [4.69, 9.17) is 14.3 Å². The van der Waals surface area contributed by atoms with Crippen molar-refractivity contribution >= 4 is 20.4 Å². The van der Waals surface area contributed by atoms with E-state index in [2.05, 4.69) is 33.9 Å². The zero-order valence-corrected chi connectivity index (χ0v) is 16.9. The van der Waals surface area contributed by atoms with Crippen LogP contribution in [0.5, 0.6) is 0 Å². The predicted molar refractivity (Wildman–Crippen MR) is 93.2 cm³/mol. The molecule has 0 saturated carbocycles. The Labute approximate surface area is 141 Å². The molecule has 0 spiro atoms. The van der Waals surface area contributed by atoms with Crippen molar-refractivity contribution in [1.29, 1.82) is 0 Å². The summed E-state index contributed by atoms with van der Waals surface area (Å²) < 4.78 is 11.4. The van der Waals surface area contributed by atoms with Crippen molar-refractivity contribution in [2.24, 2.45) is 0 Å². The number of amides is 1. The van der Waals surface area contributed by atoms with Gasteiger partial charge in [0.25, 0.3) is 0 Å². The molecule has 0 aromatic heterocycles. The first-order valence-electron chi connectivity index (χ1n) is 7.99. The number of rotatable bonds is 7. The minimum Gasteiger partial charge on any atom is -0.481 e. The third-order valence-electron chi connectivity index (χ3n) is 3.88. The van der Waals surface area contributed by atoms with Gasteiger partial charge < -0.3 is 19.2 Å². The molecule has 0 rings (SSSR count). The molecule has 0 radical (unpaired) electrons. The monoisotopic (exact) mass is 347 g/mol. The minimum atomic E-state index is -1.89. The number of ether oxygens (including phenoxy) is 1. The molecule has 0 bridgehead atoms. The molecule has 0 heterocycles. The molecule has 1 N–H and O–H groups in total. The first-order valence-corrected chi connectivity index (χ1v) is 10.9. The fourth-order valence-corrected chi connectivity index (χ4v) is 2.51. The van der Waals surface area contributed by atoms with Crippen LogP contribution < -0.4 is 0 Å². The summed E-state index contributed by atoms with van der Waals surface area (Å²) in [6.45, 7) is 16.9. The zero-order valence-electron chi connectivity index (χ0n) is 15.9. The maximum atomic E-state index is 12.2. The van der Waals surface area contributed by atoms with Crippen molar-refractivity contribution in [1.82, 2.24) is 4.90 Å². The van der Waals surface area contributed by atoms with E-state index in [1.165, 1.54) is 4.90 Å². The van der Waals surface area contributed by atoms with Gasteiger partial charge in [-0.3, -0.25) is 4.79 Å². The molecule has 0 aromatic carbocycles. The van der Waals surface area contributed by atoms with E-state index in [1.807, 2.05) is 0 Å². The Hall–Kier alpha value is -1.08. The van der Waals surface area contributed by atoms with E-state index in [9.17, 15) is 9.59 Å². The van der Waals surface area contributed by atoms with Gasteiger partial charge in [-0.15, -0.1) is 0 Å². The molecule has 23 heavy (non-hydrogen) atoms. The number of hydrogen-bond donors (Lipinski definition) is 1. The highest BCUT2D eigenvalue weighted by Gasteiger charge is 2.37. The Morgan fingerprint density at radius 2 is 1.57 bits per heavy atom. The molecule has 0 fully saturated rings. The van der Waals surface area contributed by atoms with Crippen LogP contribution in [0, 0.1) is 0 Å². The molecule has 0 aliphatic heterocycles. The SMILES string of the molecule is CC(C)(C)OC(=O)N(CCO[Si](C)(C)C(C)(C)C)CCC(=O)O. The lowest BCUT2D eigenvalue weighted by molar-refractivity contribution is -0.137. The molecule has 136 valence electrons. The van der Waals surface area contributed by atoms with E-state index in [0.717, 1.165) is 0 Å². The third-order valence-corrected chi connectivity index (χ3v) is 8.42. The van der Waals surface area contributed by atoms with E-state index in [0.29, 0.717) is 13.2 Å². The molecule has 1 amide bonds. The average molecular weight is 348 g/mol. The van der Waals surface area contributed by atoms with Gasteiger partial charge in [0.15, 0.2) is 8.32 Å². The number of nitrogens with zero attached hydrogens (tertiary/aromatic N) is 1. The van der Waals surface area contributed by atoms with Crippen LogP contribution >= 0.6 is 0 Å². The number of carboxylic acids is 1. The lowest BCUT2D eigenvalue weighted by Crippen LogP contribution is -2.44. The molecule has 0 aliphatic rings. The van der Waals surface area contributed by atoms with Crippen LogP contribution in [0.2, 0.25) is 18.1 Å². The number of hydrogen-bond acceptors (Lipinski definition) is 4. The van der Waals surface area contributed by atoms with Crippen LogP contribution in [0.15, 0.2) is 0 Å². The molecule has 0 atom stereocenters. The smallest absolute Gasteiger partial charge is 0.410 e. The van der Waals surface area contributed by atoms with Gasteiger partial charge in [0.2, 0.25) is 0 Å². The minimum absolute atomic E-state index is 0.0881. The molecular formula is C16H33NO5Si. The zero-order chi connectivity index (χ0) is 18.5. The normalized spacial score (nSPS) is 12.9. The molecular weight excluding hydrogens is 314 g/mol. The van der Waals surface area contributed by atoms with E-state index in [-0.39, 0.29) is 18.0 Å². The summed E-state index contributed by atoms with van der Waals surface area (Å²) in [5, 5.41) is 8.92. The van der Waals surface area contributed by atoms with Crippen molar-refractivity contribution in [3.63, 3.8) is 0 Å². The molecule has 0 unspecified atom stereocenters. The number of carboxylic acid groups (broad SMARTS) is 1. The first-order chi connectivity index (χ1) is 10.2. The average Bonchev–Trinajstić information content (AvgIpc) is 2.29. The van der Waals surface area contributed by atoms with Gasteiger partial charge in [0.1, 0.15) is 5.60 Å². The van der Waals surface area contributed by atoms with Gasteiger partial charge in [0.05, 0.1) is 13.0 Å². The Morgan fingerprint density at radius 1 is 1.04 bits per heavy atom. The lowest BCUT2D eigenvalue weighted by atomic mass is 10.2. The lowest BCUT2D eigenvalue weighted by Gasteiger charge is -2.37.